The molecule has 0 unspecified atom stereocenters. The SMILES string of the molecule is CCN(CC)c1cc(C)nc(Nc2ccc(NS(=O)(=O)c3ccc(Oc4ccccc4)cc3)cc2)n1. The monoisotopic (exact) mass is 503 g/mol. The van der Waals surface area contributed by atoms with E-state index in [-0.39, 0.29) is 4.90 Å². The summed E-state index contributed by atoms with van der Waals surface area (Å²) in [7, 11) is -3.76. The van der Waals surface area contributed by atoms with Crippen LogP contribution in [0.4, 0.5) is 23.1 Å². The van der Waals surface area contributed by atoms with Crippen molar-refractivity contribution in [3.63, 3.8) is 0 Å². The minimum Gasteiger partial charge on any atom is -0.457 e. The Hall–Kier alpha value is -4.11. The molecule has 2 N–H and O–H groups in total. The minimum atomic E-state index is -3.76. The lowest BCUT2D eigenvalue weighted by atomic mass is 10.3. The van der Waals surface area contributed by atoms with Crippen LogP contribution in [0.3, 0.4) is 0 Å². The molecule has 0 bridgehead atoms. The van der Waals surface area contributed by atoms with Crippen molar-refractivity contribution in [2.45, 2.75) is 25.7 Å². The average Bonchev–Trinajstić information content (AvgIpc) is 2.86. The van der Waals surface area contributed by atoms with Gasteiger partial charge in [0.1, 0.15) is 17.3 Å². The molecule has 3 aromatic carbocycles. The lowest BCUT2D eigenvalue weighted by Gasteiger charge is -2.20. The summed E-state index contributed by atoms with van der Waals surface area (Å²) in [6, 6.07) is 24.5. The van der Waals surface area contributed by atoms with Gasteiger partial charge < -0.3 is 15.0 Å². The first kappa shape index (κ1) is 25.0. The molecule has 0 aliphatic rings. The van der Waals surface area contributed by atoms with E-state index in [0.29, 0.717) is 23.1 Å². The van der Waals surface area contributed by atoms with Crippen LogP contribution in [0.1, 0.15) is 19.5 Å². The van der Waals surface area contributed by atoms with Crippen LogP contribution in [-0.2, 0) is 10.0 Å². The first-order valence-electron chi connectivity index (χ1n) is 11.7. The van der Waals surface area contributed by atoms with E-state index >= 15 is 0 Å². The van der Waals surface area contributed by atoms with Gasteiger partial charge in [0.05, 0.1) is 4.90 Å². The van der Waals surface area contributed by atoms with E-state index in [4.69, 9.17) is 4.74 Å². The Morgan fingerprint density at radius 1 is 0.806 bits per heavy atom. The number of hydrogen-bond donors (Lipinski definition) is 2. The normalized spacial score (nSPS) is 11.1. The van der Waals surface area contributed by atoms with Crippen LogP contribution in [0.5, 0.6) is 11.5 Å². The molecule has 0 saturated carbocycles. The van der Waals surface area contributed by atoms with Crippen LogP contribution >= 0.6 is 0 Å². The smallest absolute Gasteiger partial charge is 0.261 e. The Balaban J connectivity index is 1.42. The molecule has 1 heterocycles. The summed E-state index contributed by atoms with van der Waals surface area (Å²) in [6.45, 7) is 7.80. The van der Waals surface area contributed by atoms with Gasteiger partial charge in [-0.1, -0.05) is 18.2 Å². The van der Waals surface area contributed by atoms with E-state index in [1.807, 2.05) is 43.3 Å². The highest BCUT2D eigenvalue weighted by atomic mass is 32.2. The van der Waals surface area contributed by atoms with Crippen LogP contribution in [0.2, 0.25) is 0 Å². The predicted molar refractivity (Wildman–Crippen MR) is 144 cm³/mol. The number of para-hydroxylation sites is 1. The Morgan fingerprint density at radius 2 is 1.42 bits per heavy atom. The second kappa shape index (κ2) is 11.1. The first-order chi connectivity index (χ1) is 17.4. The molecule has 0 atom stereocenters. The van der Waals surface area contributed by atoms with Crippen molar-refractivity contribution in [3.05, 3.63) is 90.6 Å². The second-order valence-corrected chi connectivity index (χ2v) is 9.74. The molecule has 0 radical (unpaired) electrons. The third-order valence-corrected chi connectivity index (χ3v) is 6.83. The Labute approximate surface area is 212 Å². The molecule has 0 aliphatic heterocycles. The zero-order valence-electron chi connectivity index (χ0n) is 20.5. The van der Waals surface area contributed by atoms with Gasteiger partial charge in [0.25, 0.3) is 10.0 Å². The van der Waals surface area contributed by atoms with Crippen LogP contribution < -0.4 is 19.7 Å². The Kier molecular flexibility index (Phi) is 7.70. The van der Waals surface area contributed by atoms with Gasteiger partial charge in [-0.2, -0.15) is 4.98 Å². The van der Waals surface area contributed by atoms with Gasteiger partial charge in [-0.3, -0.25) is 4.72 Å². The van der Waals surface area contributed by atoms with Gasteiger partial charge in [0, 0.05) is 36.2 Å². The van der Waals surface area contributed by atoms with Crippen molar-refractivity contribution < 1.29 is 13.2 Å². The topological polar surface area (TPSA) is 96.5 Å². The summed E-state index contributed by atoms with van der Waals surface area (Å²) in [4.78, 5) is 11.4. The number of aromatic nitrogens is 2. The maximum atomic E-state index is 12.9. The van der Waals surface area contributed by atoms with Crippen molar-refractivity contribution in [1.82, 2.24) is 9.97 Å². The highest BCUT2D eigenvalue weighted by molar-refractivity contribution is 7.92. The van der Waals surface area contributed by atoms with E-state index in [1.165, 1.54) is 12.1 Å². The summed E-state index contributed by atoms with van der Waals surface area (Å²) in [5.41, 5.74) is 2.05. The van der Waals surface area contributed by atoms with E-state index in [9.17, 15) is 8.42 Å². The molecular formula is C27H29N5O3S. The maximum Gasteiger partial charge on any atom is 0.261 e. The molecule has 4 aromatic rings. The molecule has 0 spiro atoms. The highest BCUT2D eigenvalue weighted by Crippen LogP contribution is 2.25. The number of ether oxygens (including phenoxy) is 1. The fourth-order valence-corrected chi connectivity index (χ4v) is 4.65. The fourth-order valence-electron chi connectivity index (χ4n) is 3.59. The average molecular weight is 504 g/mol. The fraction of sp³-hybridized carbons (Fsp3) is 0.185. The number of nitrogens with one attached hydrogen (secondary N) is 2. The summed E-state index contributed by atoms with van der Waals surface area (Å²) in [6.07, 6.45) is 0. The van der Waals surface area contributed by atoms with Gasteiger partial charge >= 0.3 is 0 Å². The summed E-state index contributed by atoms with van der Waals surface area (Å²) < 4.78 is 34.0. The molecular weight excluding hydrogens is 474 g/mol. The molecule has 1 aromatic heterocycles. The number of hydrogen-bond acceptors (Lipinski definition) is 7. The molecule has 4 rings (SSSR count). The number of aryl methyl sites for hydroxylation is 1. The van der Waals surface area contributed by atoms with E-state index < -0.39 is 10.0 Å². The van der Waals surface area contributed by atoms with E-state index in [1.54, 1.807) is 36.4 Å². The van der Waals surface area contributed by atoms with Crippen molar-refractivity contribution in [3.8, 4) is 11.5 Å². The largest absolute Gasteiger partial charge is 0.457 e. The molecule has 0 saturated heterocycles. The number of benzene rings is 3. The summed E-state index contributed by atoms with van der Waals surface area (Å²) >= 11 is 0. The number of sulfonamides is 1. The highest BCUT2D eigenvalue weighted by Gasteiger charge is 2.15. The molecule has 0 fully saturated rings. The van der Waals surface area contributed by atoms with Crippen LogP contribution in [0.25, 0.3) is 0 Å². The molecule has 0 aliphatic carbocycles. The number of rotatable bonds is 10. The van der Waals surface area contributed by atoms with Gasteiger partial charge in [-0.15, -0.1) is 0 Å². The zero-order chi connectivity index (χ0) is 25.5. The third-order valence-electron chi connectivity index (χ3n) is 5.43. The van der Waals surface area contributed by atoms with Crippen molar-refractivity contribution >= 4 is 33.2 Å². The quantitative estimate of drug-likeness (QED) is 0.275. The lowest BCUT2D eigenvalue weighted by Crippen LogP contribution is -2.23. The van der Waals surface area contributed by atoms with Crippen LogP contribution in [0.15, 0.2) is 89.8 Å². The Morgan fingerprint density at radius 3 is 2.06 bits per heavy atom. The lowest BCUT2D eigenvalue weighted by molar-refractivity contribution is 0.482. The van der Waals surface area contributed by atoms with E-state index in [2.05, 4.69) is 38.8 Å². The molecule has 186 valence electrons. The number of nitrogens with zero attached hydrogens (tertiary/aromatic N) is 3. The molecule has 36 heavy (non-hydrogen) atoms. The van der Waals surface area contributed by atoms with Gasteiger partial charge in [-0.25, -0.2) is 13.4 Å². The predicted octanol–water partition coefficient (Wildman–Crippen LogP) is 5.97. The van der Waals surface area contributed by atoms with Crippen molar-refractivity contribution in [1.29, 1.82) is 0 Å². The van der Waals surface area contributed by atoms with Crippen molar-refractivity contribution in [2.75, 3.05) is 28.0 Å². The van der Waals surface area contributed by atoms with Crippen molar-refractivity contribution in [2.24, 2.45) is 0 Å². The molecule has 9 heteroatoms. The second-order valence-electron chi connectivity index (χ2n) is 8.06. The Bertz CT molecular complexity index is 1390. The molecule has 0 amide bonds. The maximum absolute atomic E-state index is 12.9. The van der Waals surface area contributed by atoms with Gasteiger partial charge in [0.2, 0.25) is 5.95 Å². The van der Waals surface area contributed by atoms with E-state index in [0.717, 1.165) is 30.3 Å². The molecule has 8 nitrogen and oxygen atoms in total. The summed E-state index contributed by atoms with van der Waals surface area (Å²) in [5.74, 6) is 2.58. The van der Waals surface area contributed by atoms with Gasteiger partial charge in [0.15, 0.2) is 0 Å². The minimum absolute atomic E-state index is 0.141. The third kappa shape index (κ3) is 6.31. The van der Waals surface area contributed by atoms with Crippen LogP contribution in [0, 0.1) is 6.92 Å². The number of anilines is 4. The van der Waals surface area contributed by atoms with Crippen LogP contribution in [-0.4, -0.2) is 31.5 Å². The first-order valence-corrected chi connectivity index (χ1v) is 13.2. The standard InChI is InChI=1S/C27H29N5O3S/c1-4-32(5-2)26-19-20(3)28-27(30-26)29-21-11-13-22(14-12-21)31-36(33,34)25-17-15-24(16-18-25)35-23-9-7-6-8-10-23/h6-19,31H,4-5H2,1-3H3,(H,28,29,30). The zero-order valence-corrected chi connectivity index (χ0v) is 21.3. The van der Waals surface area contributed by atoms with Gasteiger partial charge in [-0.05, 0) is 81.4 Å². The summed E-state index contributed by atoms with van der Waals surface area (Å²) in [5, 5.41) is 3.20.